The summed E-state index contributed by atoms with van der Waals surface area (Å²) >= 11 is 0. The van der Waals surface area contributed by atoms with Crippen LogP contribution in [0.2, 0.25) is 0 Å². The number of rotatable bonds is 19. The number of hydrogen-bond acceptors (Lipinski definition) is 5. The fourth-order valence-corrected chi connectivity index (χ4v) is 4.02. The predicted molar refractivity (Wildman–Crippen MR) is 110 cm³/mol. The number of phosphoric acid groups is 1. The Bertz CT molecular complexity index is 452. The van der Waals surface area contributed by atoms with Gasteiger partial charge in [0.05, 0.1) is 34.2 Å². The van der Waals surface area contributed by atoms with Crippen LogP contribution in [-0.4, -0.2) is 56.0 Å². The van der Waals surface area contributed by atoms with E-state index in [9.17, 15) is 14.3 Å². The number of quaternary nitrogens is 1. The van der Waals surface area contributed by atoms with E-state index in [-0.39, 0.29) is 19.6 Å². The summed E-state index contributed by atoms with van der Waals surface area (Å²) in [4.78, 5) is 22.9. The van der Waals surface area contributed by atoms with Gasteiger partial charge in [0.25, 0.3) is 7.82 Å². The molecule has 8 heteroatoms. The van der Waals surface area contributed by atoms with Crippen molar-refractivity contribution < 1.29 is 32.9 Å². The molecule has 0 aromatic rings. The van der Waals surface area contributed by atoms with E-state index in [2.05, 4.69) is 6.92 Å². The quantitative estimate of drug-likeness (QED) is 0.188. The Labute approximate surface area is 171 Å². The standard InChI is InChI=1S/C20H42NO6P/c1-5-6-7-8-9-10-11-12-13-14-15-16-26-28(24,25)27-19(17-20(22)23)18-21(2,3)4/h19H,5-18H2,1-4H3,(H-,22,23,24,25)/t19-/m1/s1. The molecule has 0 saturated heterocycles. The molecule has 0 fully saturated rings. The maximum Gasteiger partial charge on any atom is 0.306 e. The lowest BCUT2D eigenvalue weighted by Gasteiger charge is -2.32. The second kappa shape index (κ2) is 15.4. The van der Waals surface area contributed by atoms with Crippen molar-refractivity contribution in [3.05, 3.63) is 0 Å². The van der Waals surface area contributed by atoms with Crippen LogP contribution in [0.5, 0.6) is 0 Å². The Kier molecular flexibility index (Phi) is 15.1. The first-order chi connectivity index (χ1) is 13.1. The molecule has 0 aliphatic heterocycles. The molecule has 1 N–H and O–H groups in total. The fraction of sp³-hybridized carbons (Fsp3) is 0.950. The third kappa shape index (κ3) is 18.9. The molecular formula is C20H42NO6P. The van der Waals surface area contributed by atoms with Crippen molar-refractivity contribution in [2.45, 2.75) is 90.1 Å². The summed E-state index contributed by atoms with van der Waals surface area (Å²) in [5, 5.41) is 8.95. The van der Waals surface area contributed by atoms with E-state index in [0.717, 1.165) is 12.8 Å². The van der Waals surface area contributed by atoms with Gasteiger partial charge in [-0.15, -0.1) is 0 Å². The summed E-state index contributed by atoms with van der Waals surface area (Å²) in [6.07, 6.45) is 11.6. The number of carbonyl (C=O) groups is 1. The summed E-state index contributed by atoms with van der Waals surface area (Å²) < 4.78 is 22.3. The van der Waals surface area contributed by atoms with Gasteiger partial charge in [-0.3, -0.25) is 9.36 Å². The van der Waals surface area contributed by atoms with E-state index < -0.39 is 19.9 Å². The van der Waals surface area contributed by atoms with Crippen LogP contribution in [0.1, 0.15) is 84.0 Å². The van der Waals surface area contributed by atoms with Crippen molar-refractivity contribution in [2.24, 2.45) is 0 Å². The first kappa shape index (κ1) is 27.5. The fourth-order valence-electron chi connectivity index (χ4n) is 3.10. The zero-order valence-corrected chi connectivity index (χ0v) is 19.3. The normalized spacial score (nSPS) is 15.3. The van der Waals surface area contributed by atoms with E-state index in [0.29, 0.717) is 10.9 Å². The van der Waals surface area contributed by atoms with Crippen molar-refractivity contribution in [3.8, 4) is 0 Å². The van der Waals surface area contributed by atoms with Crippen molar-refractivity contribution in [1.29, 1.82) is 0 Å². The molecule has 0 aliphatic rings. The summed E-state index contributed by atoms with van der Waals surface area (Å²) in [6, 6.07) is 0. The van der Waals surface area contributed by atoms with Crippen molar-refractivity contribution in [1.82, 2.24) is 0 Å². The Morgan fingerprint density at radius 2 is 1.43 bits per heavy atom. The first-order valence-corrected chi connectivity index (χ1v) is 12.2. The monoisotopic (exact) mass is 423 g/mol. The molecule has 0 saturated carbocycles. The molecule has 0 radical (unpaired) electrons. The lowest BCUT2D eigenvalue weighted by Crippen LogP contribution is -2.43. The molecule has 0 rings (SSSR count). The van der Waals surface area contributed by atoms with E-state index in [1.807, 2.05) is 21.1 Å². The average Bonchev–Trinajstić information content (AvgIpc) is 2.53. The molecule has 0 aliphatic carbocycles. The van der Waals surface area contributed by atoms with E-state index in [1.54, 1.807) is 0 Å². The minimum absolute atomic E-state index is 0.0853. The first-order valence-electron chi connectivity index (χ1n) is 10.7. The van der Waals surface area contributed by atoms with Gasteiger partial charge >= 0.3 is 5.97 Å². The van der Waals surface area contributed by atoms with Gasteiger partial charge in [-0.2, -0.15) is 0 Å². The summed E-state index contributed by atoms with van der Waals surface area (Å²) in [6.45, 7) is 2.57. The van der Waals surface area contributed by atoms with Gasteiger partial charge in [0, 0.05) is 0 Å². The molecule has 1 unspecified atom stereocenters. The number of likely N-dealkylation sites (N-methyl/N-ethyl adjacent to an activating group) is 1. The molecular weight excluding hydrogens is 381 g/mol. The van der Waals surface area contributed by atoms with E-state index in [4.69, 9.17) is 14.2 Å². The molecule has 0 spiro atoms. The molecule has 7 nitrogen and oxygen atoms in total. The maximum atomic E-state index is 12.0. The van der Waals surface area contributed by atoms with Gasteiger partial charge in [0.15, 0.2) is 0 Å². The molecule has 0 aromatic carbocycles. The molecule has 2 atom stereocenters. The van der Waals surface area contributed by atoms with Crippen LogP contribution in [0.4, 0.5) is 0 Å². The van der Waals surface area contributed by atoms with Gasteiger partial charge in [0.1, 0.15) is 12.6 Å². The Hall–Kier alpha value is -0.460. The van der Waals surface area contributed by atoms with Crippen LogP contribution in [-0.2, 0) is 18.4 Å². The average molecular weight is 424 g/mol. The van der Waals surface area contributed by atoms with Crippen LogP contribution < -0.4 is 4.89 Å². The molecule has 0 amide bonds. The third-order valence-electron chi connectivity index (χ3n) is 4.43. The SMILES string of the molecule is CCCCCCCCCCCCCOP(=O)([O-])O[C@H](CC(=O)O)C[N+](C)(C)C. The molecule has 0 heterocycles. The second-order valence-corrected chi connectivity index (χ2v) is 9.98. The highest BCUT2D eigenvalue weighted by molar-refractivity contribution is 7.45. The number of hydrogen-bond donors (Lipinski definition) is 1. The molecule has 168 valence electrons. The lowest BCUT2D eigenvalue weighted by molar-refractivity contribution is -0.873. The number of aliphatic carboxylic acids is 1. The minimum Gasteiger partial charge on any atom is -0.756 e. The zero-order chi connectivity index (χ0) is 21.5. The van der Waals surface area contributed by atoms with Gasteiger partial charge in [0.2, 0.25) is 0 Å². The van der Waals surface area contributed by atoms with Gasteiger partial charge < -0.3 is 23.5 Å². The van der Waals surface area contributed by atoms with Crippen LogP contribution in [0.3, 0.4) is 0 Å². The van der Waals surface area contributed by atoms with Crippen LogP contribution >= 0.6 is 7.82 Å². The summed E-state index contributed by atoms with van der Waals surface area (Å²) in [7, 11) is 1.05. The Morgan fingerprint density at radius 3 is 1.86 bits per heavy atom. The van der Waals surface area contributed by atoms with Gasteiger partial charge in [-0.25, -0.2) is 0 Å². The minimum atomic E-state index is -4.49. The smallest absolute Gasteiger partial charge is 0.306 e. The second-order valence-electron chi connectivity index (χ2n) is 8.61. The Morgan fingerprint density at radius 1 is 0.964 bits per heavy atom. The van der Waals surface area contributed by atoms with Crippen LogP contribution in [0.15, 0.2) is 0 Å². The van der Waals surface area contributed by atoms with Crippen LogP contribution in [0.25, 0.3) is 0 Å². The van der Waals surface area contributed by atoms with Crippen molar-refractivity contribution >= 4 is 13.8 Å². The zero-order valence-electron chi connectivity index (χ0n) is 18.4. The highest BCUT2D eigenvalue weighted by Crippen LogP contribution is 2.41. The van der Waals surface area contributed by atoms with E-state index in [1.165, 1.54) is 51.4 Å². The number of carboxylic acids is 1. The highest BCUT2D eigenvalue weighted by Gasteiger charge is 2.26. The molecule has 28 heavy (non-hydrogen) atoms. The largest absolute Gasteiger partial charge is 0.756 e. The number of carboxylic acid groups (broad SMARTS) is 1. The van der Waals surface area contributed by atoms with Gasteiger partial charge in [-0.05, 0) is 6.42 Å². The number of phosphoric ester groups is 1. The van der Waals surface area contributed by atoms with E-state index >= 15 is 0 Å². The number of nitrogens with zero attached hydrogens (tertiary/aromatic N) is 1. The predicted octanol–water partition coefficient (Wildman–Crippen LogP) is 4.35. The molecule has 0 aromatic heterocycles. The maximum absolute atomic E-state index is 12.0. The summed E-state index contributed by atoms with van der Waals surface area (Å²) in [5.41, 5.74) is 0. The lowest BCUT2D eigenvalue weighted by atomic mass is 10.1. The Balaban J connectivity index is 3.88. The topological polar surface area (TPSA) is 95.9 Å². The number of unbranched alkanes of at least 4 members (excludes halogenated alkanes) is 10. The van der Waals surface area contributed by atoms with Crippen molar-refractivity contribution in [2.75, 3.05) is 34.3 Å². The molecule has 0 bridgehead atoms. The third-order valence-corrected chi connectivity index (χ3v) is 5.48. The van der Waals surface area contributed by atoms with Crippen LogP contribution in [0, 0.1) is 0 Å². The highest BCUT2D eigenvalue weighted by atomic mass is 31.2. The van der Waals surface area contributed by atoms with Crippen molar-refractivity contribution in [3.63, 3.8) is 0 Å². The van der Waals surface area contributed by atoms with Gasteiger partial charge in [-0.1, -0.05) is 71.1 Å². The summed E-state index contributed by atoms with van der Waals surface area (Å²) in [5.74, 6) is -1.09.